The summed E-state index contributed by atoms with van der Waals surface area (Å²) in [6.07, 6.45) is 1.74. The van der Waals surface area contributed by atoms with E-state index in [0.717, 1.165) is 16.8 Å². The second-order valence-electron chi connectivity index (χ2n) is 5.25. The van der Waals surface area contributed by atoms with Crippen LogP contribution < -0.4 is 10.1 Å². The molecule has 1 saturated heterocycles. The number of benzene rings is 2. The lowest BCUT2D eigenvalue weighted by Gasteiger charge is -2.03. The number of nitrogens with zero attached hydrogens (tertiary/aromatic N) is 1. The van der Waals surface area contributed by atoms with Gasteiger partial charge in [0, 0.05) is 0 Å². The molecule has 2 aromatic carbocycles. The molecule has 122 valence electrons. The van der Waals surface area contributed by atoms with Crippen LogP contribution in [-0.2, 0) is 4.79 Å². The second-order valence-corrected chi connectivity index (χ2v) is 6.28. The van der Waals surface area contributed by atoms with E-state index in [0.29, 0.717) is 15.8 Å². The number of amidine groups is 1. The highest BCUT2D eigenvalue weighted by Crippen LogP contribution is 2.31. The Hall–Kier alpha value is -2.73. The van der Waals surface area contributed by atoms with E-state index >= 15 is 0 Å². The molecule has 24 heavy (non-hydrogen) atoms. The summed E-state index contributed by atoms with van der Waals surface area (Å²) in [5, 5.41) is 12.9. The maximum absolute atomic E-state index is 12.1. The van der Waals surface area contributed by atoms with Crippen molar-refractivity contribution in [3.8, 4) is 11.5 Å². The largest absolute Gasteiger partial charge is 0.504 e. The highest BCUT2D eigenvalue weighted by molar-refractivity contribution is 8.18. The maximum Gasteiger partial charge on any atom is 0.264 e. The number of carbonyl (C=O) groups excluding carboxylic acids is 1. The van der Waals surface area contributed by atoms with Crippen molar-refractivity contribution in [2.45, 2.75) is 6.92 Å². The van der Waals surface area contributed by atoms with Gasteiger partial charge < -0.3 is 15.2 Å². The van der Waals surface area contributed by atoms with Gasteiger partial charge in [0.15, 0.2) is 16.7 Å². The predicted molar refractivity (Wildman–Crippen MR) is 96.6 cm³/mol. The Kier molecular flexibility index (Phi) is 4.57. The lowest BCUT2D eigenvalue weighted by atomic mass is 10.2. The van der Waals surface area contributed by atoms with Crippen molar-refractivity contribution in [3.63, 3.8) is 0 Å². The average Bonchev–Trinajstić information content (AvgIpc) is 2.91. The number of ether oxygens (including phenoxy) is 1. The number of hydrogen-bond donors (Lipinski definition) is 2. The van der Waals surface area contributed by atoms with Crippen molar-refractivity contribution in [3.05, 3.63) is 58.5 Å². The summed E-state index contributed by atoms with van der Waals surface area (Å²) in [5.74, 6) is 0.226. The number of carbonyl (C=O) groups is 1. The fourth-order valence-electron chi connectivity index (χ4n) is 2.15. The molecule has 0 saturated carbocycles. The van der Waals surface area contributed by atoms with E-state index in [-0.39, 0.29) is 11.7 Å². The number of aromatic hydroxyl groups is 1. The van der Waals surface area contributed by atoms with E-state index in [1.807, 2.05) is 31.2 Å². The molecular weight excluding hydrogens is 324 g/mol. The maximum atomic E-state index is 12.1. The molecule has 0 spiro atoms. The van der Waals surface area contributed by atoms with Gasteiger partial charge in [-0.2, -0.15) is 0 Å². The van der Waals surface area contributed by atoms with Crippen molar-refractivity contribution in [1.29, 1.82) is 0 Å². The van der Waals surface area contributed by atoms with Gasteiger partial charge in [-0.15, -0.1) is 0 Å². The number of amides is 1. The Morgan fingerprint density at radius 2 is 1.96 bits per heavy atom. The molecule has 1 aliphatic rings. The third kappa shape index (κ3) is 3.60. The SMILES string of the molecule is COc1cc(/C=C2\SC(=Nc3ccc(C)cc3)NC2=O)ccc1O. The van der Waals surface area contributed by atoms with Crippen molar-refractivity contribution >= 4 is 34.6 Å². The molecule has 0 radical (unpaired) electrons. The van der Waals surface area contributed by atoms with Gasteiger partial charge in [-0.3, -0.25) is 4.79 Å². The summed E-state index contributed by atoms with van der Waals surface area (Å²) >= 11 is 1.28. The molecule has 1 amide bonds. The number of rotatable bonds is 3. The number of aryl methyl sites for hydroxylation is 1. The minimum absolute atomic E-state index is 0.0600. The zero-order chi connectivity index (χ0) is 17.1. The number of aliphatic imine (C=N–C) groups is 1. The average molecular weight is 340 g/mol. The van der Waals surface area contributed by atoms with E-state index in [9.17, 15) is 9.90 Å². The normalized spacial score (nSPS) is 17.3. The van der Waals surface area contributed by atoms with E-state index in [1.165, 1.54) is 24.9 Å². The van der Waals surface area contributed by atoms with Gasteiger partial charge in [0.2, 0.25) is 0 Å². The molecule has 3 rings (SSSR count). The van der Waals surface area contributed by atoms with Crippen LogP contribution in [0, 0.1) is 6.92 Å². The standard InChI is InChI=1S/C18H16N2O3S/c1-11-3-6-13(7-4-11)19-18-20-17(22)16(24-18)10-12-5-8-14(21)15(9-12)23-2/h3-10,21H,1-2H3,(H,19,20,22)/b16-10-. The van der Waals surface area contributed by atoms with E-state index in [1.54, 1.807) is 18.2 Å². The monoisotopic (exact) mass is 340 g/mol. The second kappa shape index (κ2) is 6.80. The fraction of sp³-hybridized carbons (Fsp3) is 0.111. The number of methoxy groups -OCH3 is 1. The Bertz CT molecular complexity index is 842. The Morgan fingerprint density at radius 3 is 2.67 bits per heavy atom. The van der Waals surface area contributed by atoms with Gasteiger partial charge in [0.1, 0.15) is 0 Å². The molecule has 1 fully saturated rings. The van der Waals surface area contributed by atoms with Crippen LogP contribution >= 0.6 is 11.8 Å². The van der Waals surface area contributed by atoms with Crippen molar-refractivity contribution < 1.29 is 14.6 Å². The van der Waals surface area contributed by atoms with Gasteiger partial charge in [0.25, 0.3) is 5.91 Å². The van der Waals surface area contributed by atoms with Crippen molar-refractivity contribution in [2.24, 2.45) is 4.99 Å². The third-order valence-electron chi connectivity index (χ3n) is 3.42. The summed E-state index contributed by atoms with van der Waals surface area (Å²) in [7, 11) is 1.48. The number of phenols is 1. The van der Waals surface area contributed by atoms with Gasteiger partial charge in [-0.1, -0.05) is 23.8 Å². The van der Waals surface area contributed by atoms with Crippen LogP contribution in [0.5, 0.6) is 11.5 Å². The highest BCUT2D eigenvalue weighted by Gasteiger charge is 2.23. The Balaban J connectivity index is 1.83. The first kappa shape index (κ1) is 16.1. The molecule has 0 aromatic heterocycles. The van der Waals surface area contributed by atoms with Crippen LogP contribution in [0.25, 0.3) is 6.08 Å². The van der Waals surface area contributed by atoms with Gasteiger partial charge in [0.05, 0.1) is 17.7 Å². The number of thioether (sulfide) groups is 1. The van der Waals surface area contributed by atoms with Crippen LogP contribution in [-0.4, -0.2) is 23.3 Å². The molecule has 1 aliphatic heterocycles. The fourth-order valence-corrected chi connectivity index (χ4v) is 2.99. The molecule has 0 bridgehead atoms. The van der Waals surface area contributed by atoms with E-state index in [2.05, 4.69) is 10.3 Å². The first-order valence-corrected chi connectivity index (χ1v) is 8.10. The minimum Gasteiger partial charge on any atom is -0.504 e. The third-order valence-corrected chi connectivity index (χ3v) is 4.33. The van der Waals surface area contributed by atoms with Crippen LogP contribution in [0.15, 0.2) is 52.4 Å². The lowest BCUT2D eigenvalue weighted by Crippen LogP contribution is -2.19. The molecule has 5 nitrogen and oxygen atoms in total. The summed E-state index contributed by atoms with van der Waals surface area (Å²) < 4.78 is 5.08. The number of phenolic OH excluding ortho intramolecular Hbond substituents is 1. The molecule has 0 unspecified atom stereocenters. The quantitative estimate of drug-likeness (QED) is 0.838. The smallest absolute Gasteiger partial charge is 0.264 e. The zero-order valence-electron chi connectivity index (χ0n) is 13.2. The van der Waals surface area contributed by atoms with E-state index < -0.39 is 0 Å². The van der Waals surface area contributed by atoms with Crippen molar-refractivity contribution in [1.82, 2.24) is 5.32 Å². The first-order chi connectivity index (χ1) is 11.5. The van der Waals surface area contributed by atoms with Gasteiger partial charge >= 0.3 is 0 Å². The number of nitrogens with one attached hydrogen (secondary N) is 1. The molecular formula is C18H16N2O3S. The zero-order valence-corrected chi connectivity index (χ0v) is 14.1. The number of hydrogen-bond acceptors (Lipinski definition) is 5. The molecule has 6 heteroatoms. The molecule has 0 atom stereocenters. The van der Waals surface area contributed by atoms with Gasteiger partial charge in [-0.05, 0) is 54.6 Å². The van der Waals surface area contributed by atoms with Crippen LogP contribution in [0.4, 0.5) is 5.69 Å². The molecule has 0 aliphatic carbocycles. The summed E-state index contributed by atoms with van der Waals surface area (Å²) in [5.41, 5.74) is 2.71. The highest BCUT2D eigenvalue weighted by atomic mass is 32.2. The topological polar surface area (TPSA) is 70.9 Å². The van der Waals surface area contributed by atoms with Crippen LogP contribution in [0.3, 0.4) is 0 Å². The summed E-state index contributed by atoms with van der Waals surface area (Å²) in [4.78, 5) is 17.1. The summed E-state index contributed by atoms with van der Waals surface area (Å²) in [6.45, 7) is 2.01. The van der Waals surface area contributed by atoms with Crippen molar-refractivity contribution in [2.75, 3.05) is 7.11 Å². The summed E-state index contributed by atoms with van der Waals surface area (Å²) in [6, 6.07) is 12.7. The lowest BCUT2D eigenvalue weighted by molar-refractivity contribution is -0.115. The Labute approximate surface area is 144 Å². The molecule has 1 heterocycles. The first-order valence-electron chi connectivity index (χ1n) is 7.28. The minimum atomic E-state index is -0.196. The van der Waals surface area contributed by atoms with Gasteiger partial charge in [-0.25, -0.2) is 4.99 Å². The van der Waals surface area contributed by atoms with Crippen LogP contribution in [0.1, 0.15) is 11.1 Å². The molecule has 2 N–H and O–H groups in total. The molecule has 2 aromatic rings. The van der Waals surface area contributed by atoms with E-state index in [4.69, 9.17) is 4.74 Å². The van der Waals surface area contributed by atoms with Crippen LogP contribution in [0.2, 0.25) is 0 Å². The Morgan fingerprint density at radius 1 is 1.21 bits per heavy atom. The predicted octanol–water partition coefficient (Wildman–Crippen LogP) is 3.60.